The number of hydrogen-bond acceptors (Lipinski definition) is 6. The van der Waals surface area contributed by atoms with Crippen LogP contribution < -0.4 is 14.8 Å². The molecule has 0 heterocycles. The van der Waals surface area contributed by atoms with Crippen LogP contribution in [-0.4, -0.2) is 29.6 Å². The van der Waals surface area contributed by atoms with Gasteiger partial charge in [-0.25, -0.2) is 0 Å². The molecule has 2 N–H and O–H groups in total. The number of benzene rings is 3. The zero-order chi connectivity index (χ0) is 21.5. The summed E-state index contributed by atoms with van der Waals surface area (Å²) in [5.41, 5.74) is 0.349. The van der Waals surface area contributed by atoms with Crippen molar-refractivity contribution in [3.05, 3.63) is 94.0 Å². The van der Waals surface area contributed by atoms with Crippen LogP contribution in [0.1, 0.15) is 22.0 Å². The topological polar surface area (TPSA) is 111 Å². The van der Waals surface area contributed by atoms with E-state index in [2.05, 4.69) is 5.32 Å². The van der Waals surface area contributed by atoms with Crippen LogP contribution in [0.2, 0.25) is 0 Å². The van der Waals surface area contributed by atoms with Gasteiger partial charge in [0, 0.05) is 18.7 Å². The Kier molecular flexibility index (Phi) is 6.61. The quantitative estimate of drug-likeness (QED) is 0.433. The smallest absolute Gasteiger partial charge is 0.270 e. The van der Waals surface area contributed by atoms with Gasteiger partial charge < -0.3 is 19.9 Å². The largest absolute Gasteiger partial charge is 0.497 e. The molecule has 0 fully saturated rings. The molecule has 154 valence electrons. The van der Waals surface area contributed by atoms with Crippen molar-refractivity contribution in [3.8, 4) is 17.2 Å². The Morgan fingerprint density at radius 1 is 1.07 bits per heavy atom. The third-order valence-corrected chi connectivity index (χ3v) is 4.35. The van der Waals surface area contributed by atoms with Crippen LogP contribution in [0.25, 0.3) is 0 Å². The number of nitro benzene ring substituents is 1. The maximum absolute atomic E-state index is 12.7. The molecule has 1 atom stereocenters. The minimum atomic E-state index is -0.961. The number of methoxy groups -OCH3 is 1. The Bertz CT molecular complexity index is 1020. The normalized spacial score (nSPS) is 11.4. The number of carbonyl (C=O) groups is 1. The van der Waals surface area contributed by atoms with E-state index in [4.69, 9.17) is 9.47 Å². The van der Waals surface area contributed by atoms with Crippen LogP contribution in [0, 0.1) is 10.1 Å². The number of aliphatic hydroxyl groups excluding tert-OH is 1. The fourth-order valence-electron chi connectivity index (χ4n) is 2.74. The first-order chi connectivity index (χ1) is 14.5. The van der Waals surface area contributed by atoms with E-state index >= 15 is 0 Å². The van der Waals surface area contributed by atoms with Crippen LogP contribution >= 0.6 is 0 Å². The van der Waals surface area contributed by atoms with E-state index in [-0.39, 0.29) is 23.5 Å². The summed E-state index contributed by atoms with van der Waals surface area (Å²) in [6.45, 7) is -0.0847. The Hall–Kier alpha value is -3.91. The fraction of sp³-hybridized carbons (Fsp3) is 0.136. The van der Waals surface area contributed by atoms with Gasteiger partial charge in [0.1, 0.15) is 17.2 Å². The lowest BCUT2D eigenvalue weighted by molar-refractivity contribution is -0.384. The third-order valence-electron chi connectivity index (χ3n) is 4.35. The molecule has 0 aliphatic carbocycles. The number of nitrogens with one attached hydrogen (secondary N) is 1. The van der Waals surface area contributed by atoms with E-state index in [0.717, 1.165) is 6.07 Å². The van der Waals surface area contributed by atoms with Crippen LogP contribution in [0.15, 0.2) is 72.8 Å². The molecular formula is C22H20N2O6. The molecule has 0 bridgehead atoms. The van der Waals surface area contributed by atoms with Gasteiger partial charge in [-0.1, -0.05) is 30.3 Å². The second-order valence-corrected chi connectivity index (χ2v) is 6.35. The predicted octanol–water partition coefficient (Wildman–Crippen LogP) is 3.86. The lowest BCUT2D eigenvalue weighted by Crippen LogP contribution is -2.28. The number of carbonyl (C=O) groups excluding carboxylic acids is 1. The molecule has 3 rings (SSSR count). The van der Waals surface area contributed by atoms with Gasteiger partial charge in [-0.15, -0.1) is 0 Å². The number of ether oxygens (including phenoxy) is 2. The molecule has 0 saturated heterocycles. The van der Waals surface area contributed by atoms with Gasteiger partial charge in [0.05, 0.1) is 23.7 Å². The van der Waals surface area contributed by atoms with Crippen molar-refractivity contribution in [2.75, 3.05) is 13.7 Å². The number of amides is 1. The highest BCUT2D eigenvalue weighted by molar-refractivity contribution is 5.97. The van der Waals surface area contributed by atoms with Gasteiger partial charge in [-0.3, -0.25) is 14.9 Å². The Morgan fingerprint density at radius 3 is 2.40 bits per heavy atom. The molecule has 0 aromatic heterocycles. The first-order valence-corrected chi connectivity index (χ1v) is 9.09. The van der Waals surface area contributed by atoms with E-state index in [1.54, 1.807) is 55.6 Å². The Balaban J connectivity index is 1.77. The highest BCUT2D eigenvalue weighted by Gasteiger charge is 2.19. The number of rotatable bonds is 8. The molecule has 30 heavy (non-hydrogen) atoms. The second-order valence-electron chi connectivity index (χ2n) is 6.35. The number of nitrogens with zero attached hydrogens (tertiary/aromatic N) is 1. The van der Waals surface area contributed by atoms with Crippen molar-refractivity contribution < 1.29 is 24.3 Å². The summed E-state index contributed by atoms with van der Waals surface area (Å²) in [5, 5.41) is 24.1. The van der Waals surface area contributed by atoms with E-state index in [0.29, 0.717) is 17.1 Å². The minimum absolute atomic E-state index is 0.00464. The van der Waals surface area contributed by atoms with E-state index in [9.17, 15) is 20.0 Å². The van der Waals surface area contributed by atoms with E-state index < -0.39 is 16.9 Å². The SMILES string of the molecule is COc1ccc(C(O)CNC(=O)c2cc([N+](=O)[O-])ccc2Oc2ccccc2)cc1. The Morgan fingerprint density at radius 2 is 1.77 bits per heavy atom. The van der Waals surface area contributed by atoms with Crippen LogP contribution in [0.3, 0.4) is 0 Å². The first-order valence-electron chi connectivity index (χ1n) is 9.09. The molecule has 8 heteroatoms. The standard InChI is InChI=1S/C22H20N2O6/c1-29-17-10-7-15(8-11-17)20(25)14-23-22(26)19-13-16(24(27)28)9-12-21(19)30-18-5-3-2-4-6-18/h2-13,20,25H,14H2,1H3,(H,23,26). The molecule has 0 aliphatic heterocycles. The van der Waals surface area contributed by atoms with Gasteiger partial charge >= 0.3 is 0 Å². The van der Waals surface area contributed by atoms with Crippen molar-refractivity contribution in [2.24, 2.45) is 0 Å². The summed E-state index contributed by atoms with van der Waals surface area (Å²) >= 11 is 0. The van der Waals surface area contributed by atoms with Crippen molar-refractivity contribution in [1.29, 1.82) is 0 Å². The molecule has 0 spiro atoms. The maximum Gasteiger partial charge on any atom is 0.270 e. The predicted molar refractivity (Wildman–Crippen MR) is 110 cm³/mol. The molecule has 8 nitrogen and oxygen atoms in total. The third kappa shape index (κ3) is 5.12. The molecule has 3 aromatic rings. The van der Waals surface area contributed by atoms with Crippen molar-refractivity contribution in [3.63, 3.8) is 0 Å². The van der Waals surface area contributed by atoms with Gasteiger partial charge in [-0.2, -0.15) is 0 Å². The van der Waals surface area contributed by atoms with Crippen molar-refractivity contribution in [2.45, 2.75) is 6.10 Å². The zero-order valence-electron chi connectivity index (χ0n) is 16.1. The highest BCUT2D eigenvalue weighted by atomic mass is 16.6. The molecule has 0 aliphatic rings. The number of hydrogen-bond donors (Lipinski definition) is 2. The van der Waals surface area contributed by atoms with Crippen LogP contribution in [0.5, 0.6) is 17.2 Å². The number of non-ortho nitro benzene ring substituents is 1. The number of para-hydroxylation sites is 1. The van der Waals surface area contributed by atoms with Gasteiger partial charge in [-0.05, 0) is 35.9 Å². The maximum atomic E-state index is 12.7. The first kappa shape index (κ1) is 20.8. The van der Waals surface area contributed by atoms with Gasteiger partial charge in [0.15, 0.2) is 0 Å². The fourth-order valence-corrected chi connectivity index (χ4v) is 2.74. The molecule has 1 amide bonds. The monoisotopic (exact) mass is 408 g/mol. The average molecular weight is 408 g/mol. The summed E-state index contributed by atoms with van der Waals surface area (Å²) in [5.74, 6) is 0.702. The van der Waals surface area contributed by atoms with Gasteiger partial charge in [0.2, 0.25) is 0 Å². The second kappa shape index (κ2) is 9.53. The van der Waals surface area contributed by atoms with Gasteiger partial charge in [0.25, 0.3) is 11.6 Å². The zero-order valence-corrected chi connectivity index (χ0v) is 16.1. The molecular weight excluding hydrogens is 388 g/mol. The molecule has 3 aromatic carbocycles. The highest BCUT2D eigenvalue weighted by Crippen LogP contribution is 2.29. The Labute approximate surface area is 172 Å². The summed E-state index contributed by atoms with van der Waals surface area (Å²) in [6, 6.07) is 19.3. The molecule has 0 radical (unpaired) electrons. The lowest BCUT2D eigenvalue weighted by Gasteiger charge is -2.15. The summed E-state index contributed by atoms with van der Waals surface area (Å²) in [6.07, 6.45) is -0.961. The summed E-state index contributed by atoms with van der Waals surface area (Å²) < 4.78 is 10.8. The lowest BCUT2D eigenvalue weighted by atomic mass is 10.1. The van der Waals surface area contributed by atoms with E-state index in [1.807, 2.05) is 6.07 Å². The molecule has 0 saturated carbocycles. The van der Waals surface area contributed by atoms with Crippen molar-refractivity contribution >= 4 is 11.6 Å². The van der Waals surface area contributed by atoms with Crippen LogP contribution in [-0.2, 0) is 0 Å². The number of nitro groups is 1. The minimum Gasteiger partial charge on any atom is -0.497 e. The number of aliphatic hydroxyl groups is 1. The van der Waals surface area contributed by atoms with E-state index in [1.165, 1.54) is 12.1 Å². The molecule has 1 unspecified atom stereocenters. The van der Waals surface area contributed by atoms with Crippen molar-refractivity contribution in [1.82, 2.24) is 5.32 Å². The summed E-state index contributed by atoms with van der Waals surface area (Å²) in [4.78, 5) is 23.3. The average Bonchev–Trinajstić information content (AvgIpc) is 2.78. The van der Waals surface area contributed by atoms with Crippen LogP contribution in [0.4, 0.5) is 5.69 Å². The summed E-state index contributed by atoms with van der Waals surface area (Å²) in [7, 11) is 1.54.